The molecule has 0 saturated heterocycles. The van der Waals surface area contributed by atoms with Gasteiger partial charge in [-0.2, -0.15) is 5.10 Å². The number of anilines is 1. The maximum atomic E-state index is 5.41. The monoisotopic (exact) mass is 191 g/mol. The Morgan fingerprint density at radius 2 is 2.07 bits per heavy atom. The molecule has 0 radical (unpaired) electrons. The first kappa shape index (κ1) is 10.7. The van der Waals surface area contributed by atoms with Crippen LogP contribution in [0.1, 0.15) is 19.8 Å². The molecule has 1 aromatic rings. The lowest BCUT2D eigenvalue weighted by molar-refractivity contribution is 0.873. The lowest BCUT2D eigenvalue weighted by Gasteiger charge is -2.02. The summed E-state index contributed by atoms with van der Waals surface area (Å²) in [6.07, 6.45) is 1.95. The largest absolute Gasteiger partial charge is 0.330 e. The standard InChI is InChI=1S/C11H17N3/c1-10(6-5-9-12)13-14-11-7-3-2-4-8-11/h2-4,7-8,14H,5-6,9,12H2,1H3/b13-10+. The van der Waals surface area contributed by atoms with E-state index in [1.165, 1.54) is 0 Å². The van der Waals surface area contributed by atoms with Gasteiger partial charge >= 0.3 is 0 Å². The number of hydrogen-bond donors (Lipinski definition) is 2. The molecule has 0 aliphatic heterocycles. The van der Waals surface area contributed by atoms with Crippen molar-refractivity contribution in [1.82, 2.24) is 0 Å². The van der Waals surface area contributed by atoms with Crippen LogP contribution < -0.4 is 11.2 Å². The SMILES string of the molecule is C/C(CCCN)=N\Nc1ccccc1. The smallest absolute Gasteiger partial charge is 0.0561 e. The van der Waals surface area contributed by atoms with E-state index in [4.69, 9.17) is 5.73 Å². The number of nitrogens with two attached hydrogens (primary N) is 1. The molecule has 0 aromatic heterocycles. The predicted molar refractivity (Wildman–Crippen MR) is 61.5 cm³/mol. The Labute approximate surface area is 85.0 Å². The zero-order chi connectivity index (χ0) is 10.2. The summed E-state index contributed by atoms with van der Waals surface area (Å²) in [4.78, 5) is 0. The molecule has 1 rings (SSSR count). The quantitative estimate of drug-likeness (QED) is 0.554. The number of nitrogens with one attached hydrogen (secondary N) is 1. The summed E-state index contributed by atoms with van der Waals surface area (Å²) in [7, 11) is 0. The van der Waals surface area contributed by atoms with Gasteiger partial charge in [-0.3, -0.25) is 5.43 Å². The van der Waals surface area contributed by atoms with E-state index in [1.807, 2.05) is 37.3 Å². The van der Waals surface area contributed by atoms with E-state index >= 15 is 0 Å². The van der Waals surface area contributed by atoms with Gasteiger partial charge in [-0.15, -0.1) is 0 Å². The molecule has 0 unspecified atom stereocenters. The van der Waals surface area contributed by atoms with Gasteiger partial charge in [0, 0.05) is 5.71 Å². The van der Waals surface area contributed by atoms with E-state index in [1.54, 1.807) is 0 Å². The Balaban J connectivity index is 2.39. The van der Waals surface area contributed by atoms with Crippen molar-refractivity contribution in [2.45, 2.75) is 19.8 Å². The third kappa shape index (κ3) is 4.05. The average Bonchev–Trinajstić information content (AvgIpc) is 2.25. The second-order valence-corrected chi connectivity index (χ2v) is 3.22. The van der Waals surface area contributed by atoms with Crippen LogP contribution in [0.2, 0.25) is 0 Å². The fourth-order valence-electron chi connectivity index (χ4n) is 1.09. The summed E-state index contributed by atoms with van der Waals surface area (Å²) < 4.78 is 0. The van der Waals surface area contributed by atoms with E-state index in [-0.39, 0.29) is 0 Å². The Morgan fingerprint density at radius 1 is 1.36 bits per heavy atom. The summed E-state index contributed by atoms with van der Waals surface area (Å²) in [6.45, 7) is 2.73. The number of rotatable bonds is 5. The van der Waals surface area contributed by atoms with Gasteiger partial charge in [-0.25, -0.2) is 0 Å². The molecule has 3 heteroatoms. The lowest BCUT2D eigenvalue weighted by atomic mass is 10.2. The third-order valence-electron chi connectivity index (χ3n) is 1.89. The highest BCUT2D eigenvalue weighted by Crippen LogP contribution is 2.04. The molecule has 76 valence electrons. The summed E-state index contributed by atoms with van der Waals surface area (Å²) >= 11 is 0. The van der Waals surface area contributed by atoms with Crippen LogP contribution in [0.25, 0.3) is 0 Å². The van der Waals surface area contributed by atoms with Gasteiger partial charge in [0.1, 0.15) is 0 Å². The van der Waals surface area contributed by atoms with Crippen molar-refractivity contribution in [2.24, 2.45) is 10.8 Å². The van der Waals surface area contributed by atoms with Crippen molar-refractivity contribution in [1.29, 1.82) is 0 Å². The van der Waals surface area contributed by atoms with E-state index < -0.39 is 0 Å². The molecule has 0 fully saturated rings. The molecule has 0 bridgehead atoms. The van der Waals surface area contributed by atoms with Crippen LogP contribution in [0.15, 0.2) is 35.4 Å². The molecule has 3 nitrogen and oxygen atoms in total. The lowest BCUT2D eigenvalue weighted by Crippen LogP contribution is -2.03. The molecule has 0 saturated carbocycles. The zero-order valence-electron chi connectivity index (χ0n) is 8.53. The number of nitrogens with zero attached hydrogens (tertiary/aromatic N) is 1. The number of benzene rings is 1. The minimum Gasteiger partial charge on any atom is -0.330 e. The van der Waals surface area contributed by atoms with Crippen LogP contribution >= 0.6 is 0 Å². The Bertz CT molecular complexity index is 280. The van der Waals surface area contributed by atoms with Gasteiger partial charge in [-0.1, -0.05) is 18.2 Å². The van der Waals surface area contributed by atoms with Crippen LogP contribution in [0.5, 0.6) is 0 Å². The molecule has 0 atom stereocenters. The minimum absolute atomic E-state index is 0.720. The van der Waals surface area contributed by atoms with Gasteiger partial charge < -0.3 is 5.73 Å². The normalized spacial score (nSPS) is 11.4. The fourth-order valence-corrected chi connectivity index (χ4v) is 1.09. The van der Waals surface area contributed by atoms with E-state index in [0.29, 0.717) is 0 Å². The summed E-state index contributed by atoms with van der Waals surface area (Å²) in [6, 6.07) is 9.91. The fraction of sp³-hybridized carbons (Fsp3) is 0.364. The first-order chi connectivity index (χ1) is 6.83. The van der Waals surface area contributed by atoms with E-state index in [0.717, 1.165) is 30.8 Å². The minimum atomic E-state index is 0.720. The number of hydrogen-bond acceptors (Lipinski definition) is 3. The van der Waals surface area contributed by atoms with Crippen molar-refractivity contribution in [3.8, 4) is 0 Å². The van der Waals surface area contributed by atoms with Gasteiger partial charge in [0.15, 0.2) is 0 Å². The van der Waals surface area contributed by atoms with Crippen LogP contribution in [-0.2, 0) is 0 Å². The van der Waals surface area contributed by atoms with E-state index in [9.17, 15) is 0 Å². The van der Waals surface area contributed by atoms with Crippen LogP contribution in [0, 0.1) is 0 Å². The zero-order valence-corrected chi connectivity index (χ0v) is 8.53. The van der Waals surface area contributed by atoms with Crippen molar-refractivity contribution in [2.75, 3.05) is 12.0 Å². The van der Waals surface area contributed by atoms with Gasteiger partial charge in [0.05, 0.1) is 5.69 Å². The van der Waals surface area contributed by atoms with Crippen molar-refractivity contribution >= 4 is 11.4 Å². The summed E-state index contributed by atoms with van der Waals surface area (Å²) in [5.74, 6) is 0. The average molecular weight is 191 g/mol. The second kappa shape index (κ2) is 6.16. The first-order valence-corrected chi connectivity index (χ1v) is 4.87. The number of hydrazone groups is 1. The highest BCUT2D eigenvalue weighted by molar-refractivity contribution is 5.82. The van der Waals surface area contributed by atoms with E-state index in [2.05, 4.69) is 10.5 Å². The highest BCUT2D eigenvalue weighted by Gasteiger charge is 1.91. The van der Waals surface area contributed by atoms with Gasteiger partial charge in [-0.05, 0) is 38.4 Å². The summed E-state index contributed by atoms with van der Waals surface area (Å²) in [5.41, 5.74) is 10.5. The Morgan fingerprint density at radius 3 is 2.71 bits per heavy atom. The molecule has 14 heavy (non-hydrogen) atoms. The molecular weight excluding hydrogens is 174 g/mol. The topological polar surface area (TPSA) is 50.4 Å². The molecular formula is C11H17N3. The van der Waals surface area contributed by atoms with Crippen LogP contribution in [-0.4, -0.2) is 12.3 Å². The van der Waals surface area contributed by atoms with Gasteiger partial charge in [0.25, 0.3) is 0 Å². The third-order valence-corrected chi connectivity index (χ3v) is 1.89. The first-order valence-electron chi connectivity index (χ1n) is 4.87. The molecule has 0 amide bonds. The Hall–Kier alpha value is -1.35. The molecule has 0 spiro atoms. The molecule has 0 heterocycles. The second-order valence-electron chi connectivity index (χ2n) is 3.22. The molecule has 0 aliphatic carbocycles. The molecule has 3 N–H and O–H groups in total. The van der Waals surface area contributed by atoms with Crippen molar-refractivity contribution in [3.63, 3.8) is 0 Å². The number of para-hydroxylation sites is 1. The maximum Gasteiger partial charge on any atom is 0.0561 e. The Kier molecular flexibility index (Phi) is 4.72. The molecule has 1 aromatic carbocycles. The van der Waals surface area contributed by atoms with Crippen LogP contribution in [0.4, 0.5) is 5.69 Å². The predicted octanol–water partition coefficient (Wildman–Crippen LogP) is 2.21. The summed E-state index contributed by atoms with van der Waals surface area (Å²) in [5, 5.41) is 4.24. The highest BCUT2D eigenvalue weighted by atomic mass is 15.3. The van der Waals surface area contributed by atoms with Crippen LogP contribution in [0.3, 0.4) is 0 Å². The maximum absolute atomic E-state index is 5.41. The van der Waals surface area contributed by atoms with Crippen molar-refractivity contribution in [3.05, 3.63) is 30.3 Å². The van der Waals surface area contributed by atoms with Crippen molar-refractivity contribution < 1.29 is 0 Å². The van der Waals surface area contributed by atoms with Gasteiger partial charge in [0.2, 0.25) is 0 Å². The molecule has 0 aliphatic rings.